The van der Waals surface area contributed by atoms with E-state index in [0.29, 0.717) is 13.0 Å². The average molecular weight is 382 g/mol. The Hall–Kier alpha value is -2.89. The lowest BCUT2D eigenvalue weighted by Gasteiger charge is -2.32. The molecule has 0 radical (unpaired) electrons. The van der Waals surface area contributed by atoms with Gasteiger partial charge in [0.05, 0.1) is 12.5 Å². The van der Waals surface area contributed by atoms with Gasteiger partial charge in [-0.1, -0.05) is 36.4 Å². The van der Waals surface area contributed by atoms with Gasteiger partial charge >= 0.3 is 0 Å². The first kappa shape index (κ1) is 19.9. The summed E-state index contributed by atoms with van der Waals surface area (Å²) in [5.41, 5.74) is 9.15. The van der Waals surface area contributed by atoms with Gasteiger partial charge in [-0.2, -0.15) is 0 Å². The maximum atomic E-state index is 13.1. The fraction of sp³-hybridized carbons (Fsp3) is 0.364. The number of rotatable bonds is 6. The molecule has 0 spiro atoms. The van der Waals surface area contributed by atoms with Crippen molar-refractivity contribution in [3.63, 3.8) is 0 Å². The number of fused-ring (bicyclic) bond motifs is 1. The Morgan fingerprint density at radius 2 is 1.93 bits per heavy atom. The molecular weight excluding hydrogens is 355 g/mol. The molecule has 2 aromatic carbocycles. The van der Waals surface area contributed by atoms with E-state index in [-0.39, 0.29) is 5.82 Å². The minimum atomic E-state index is -0.434. The van der Waals surface area contributed by atoms with Gasteiger partial charge in [-0.25, -0.2) is 4.39 Å². The molecule has 1 atom stereocenters. The number of carbonyl (C=O) groups excluding carboxylic acids is 1. The van der Waals surface area contributed by atoms with Crippen molar-refractivity contribution < 1.29 is 9.18 Å². The van der Waals surface area contributed by atoms with Crippen LogP contribution in [0.3, 0.4) is 0 Å². The highest BCUT2D eigenvalue weighted by Crippen LogP contribution is 2.19. The topological polar surface area (TPSA) is 70.7 Å². The van der Waals surface area contributed by atoms with E-state index < -0.39 is 11.8 Å². The van der Waals surface area contributed by atoms with Crippen LogP contribution in [0.25, 0.3) is 0 Å². The number of carbonyl (C=O) groups is 1. The van der Waals surface area contributed by atoms with Crippen LogP contribution in [0.2, 0.25) is 0 Å². The zero-order valence-electron chi connectivity index (χ0n) is 16.2. The zero-order valence-corrected chi connectivity index (χ0v) is 16.2. The Bertz CT molecular complexity index is 835. The second-order valence-electron chi connectivity index (χ2n) is 7.06. The van der Waals surface area contributed by atoms with Crippen molar-refractivity contribution in [1.29, 1.82) is 0 Å². The first-order valence-corrected chi connectivity index (χ1v) is 9.70. The molecule has 1 amide bonds. The van der Waals surface area contributed by atoms with Crippen LogP contribution in [0.15, 0.2) is 53.5 Å². The maximum Gasteiger partial charge on any atom is 0.222 e. The van der Waals surface area contributed by atoms with Crippen molar-refractivity contribution >= 4 is 11.9 Å². The van der Waals surface area contributed by atoms with Gasteiger partial charge in [-0.3, -0.25) is 9.79 Å². The summed E-state index contributed by atoms with van der Waals surface area (Å²) in [5.74, 6) is -0.330. The molecule has 6 heteroatoms. The number of amides is 1. The Labute approximate surface area is 165 Å². The van der Waals surface area contributed by atoms with Crippen LogP contribution in [0.5, 0.6) is 0 Å². The van der Waals surface area contributed by atoms with Gasteiger partial charge < -0.3 is 16.0 Å². The summed E-state index contributed by atoms with van der Waals surface area (Å²) >= 11 is 0. The summed E-state index contributed by atoms with van der Waals surface area (Å²) in [4.78, 5) is 18.8. The first-order chi connectivity index (χ1) is 13.6. The Morgan fingerprint density at radius 1 is 1.21 bits per heavy atom. The highest BCUT2D eigenvalue weighted by atomic mass is 19.1. The van der Waals surface area contributed by atoms with Gasteiger partial charge in [-0.15, -0.1) is 0 Å². The fourth-order valence-corrected chi connectivity index (χ4v) is 3.46. The third-order valence-electron chi connectivity index (χ3n) is 5.02. The van der Waals surface area contributed by atoms with Gasteiger partial charge in [0.2, 0.25) is 5.91 Å². The lowest BCUT2D eigenvalue weighted by Crippen LogP contribution is -2.44. The molecule has 1 aliphatic rings. The molecule has 3 N–H and O–H groups in total. The van der Waals surface area contributed by atoms with E-state index in [9.17, 15) is 9.18 Å². The number of nitrogens with zero attached hydrogens (tertiary/aromatic N) is 2. The molecular formula is C22H27FN4O. The smallest absolute Gasteiger partial charge is 0.222 e. The van der Waals surface area contributed by atoms with Crippen LogP contribution >= 0.6 is 0 Å². The van der Waals surface area contributed by atoms with Crippen LogP contribution in [0.1, 0.15) is 23.6 Å². The van der Waals surface area contributed by atoms with E-state index in [1.807, 2.05) is 6.92 Å². The van der Waals surface area contributed by atoms with Crippen molar-refractivity contribution in [2.45, 2.75) is 26.3 Å². The van der Waals surface area contributed by atoms with Crippen LogP contribution < -0.4 is 11.1 Å². The predicted octanol–water partition coefficient (Wildman–Crippen LogP) is 2.49. The lowest BCUT2D eigenvalue weighted by molar-refractivity contribution is -0.121. The highest BCUT2D eigenvalue weighted by molar-refractivity contribution is 5.81. The Balaban J connectivity index is 1.71. The third-order valence-corrected chi connectivity index (χ3v) is 5.02. The number of nitrogens with two attached hydrogens (primary N) is 1. The highest BCUT2D eigenvalue weighted by Gasteiger charge is 2.21. The number of halogens is 1. The standard InChI is InChI=1S/C22H27FN4O/c1-2-25-22(27-12-11-17-5-3-4-6-18(17)15-27)26-14-19(21(24)28)13-16-7-9-20(23)10-8-16/h3-10,19H,2,11-15H2,1H3,(H2,24,28)(H,25,26). The fourth-order valence-electron chi connectivity index (χ4n) is 3.46. The summed E-state index contributed by atoms with van der Waals surface area (Å²) in [6.07, 6.45) is 1.41. The number of hydrogen-bond donors (Lipinski definition) is 2. The van der Waals surface area contributed by atoms with Gasteiger partial charge in [0.25, 0.3) is 0 Å². The molecule has 5 nitrogen and oxygen atoms in total. The number of primary amides is 1. The molecule has 3 rings (SSSR count). The van der Waals surface area contributed by atoms with Gasteiger partial charge in [0.1, 0.15) is 5.82 Å². The second kappa shape index (κ2) is 9.35. The third kappa shape index (κ3) is 5.09. The molecule has 0 saturated carbocycles. The van der Waals surface area contributed by atoms with E-state index in [0.717, 1.165) is 37.6 Å². The molecule has 0 aromatic heterocycles. The van der Waals surface area contributed by atoms with E-state index in [2.05, 4.69) is 34.5 Å². The van der Waals surface area contributed by atoms with Crippen molar-refractivity contribution in [1.82, 2.24) is 10.2 Å². The summed E-state index contributed by atoms with van der Waals surface area (Å²) in [7, 11) is 0. The predicted molar refractivity (Wildman–Crippen MR) is 109 cm³/mol. The molecule has 0 saturated heterocycles. The molecule has 1 heterocycles. The molecule has 0 aliphatic carbocycles. The van der Waals surface area contributed by atoms with Gasteiger partial charge in [-0.05, 0) is 48.6 Å². The average Bonchev–Trinajstić information content (AvgIpc) is 2.71. The van der Waals surface area contributed by atoms with Crippen LogP contribution in [0, 0.1) is 11.7 Å². The van der Waals surface area contributed by atoms with Crippen LogP contribution in [-0.4, -0.2) is 36.4 Å². The lowest BCUT2D eigenvalue weighted by atomic mass is 9.98. The van der Waals surface area contributed by atoms with E-state index in [4.69, 9.17) is 10.7 Å². The summed E-state index contributed by atoms with van der Waals surface area (Å²) in [5, 5.41) is 3.32. The van der Waals surface area contributed by atoms with Crippen LogP contribution in [-0.2, 0) is 24.2 Å². The number of benzene rings is 2. The monoisotopic (exact) mass is 382 g/mol. The summed E-state index contributed by atoms with van der Waals surface area (Å²) in [6.45, 7) is 4.74. The number of aliphatic imine (C=N–C) groups is 1. The molecule has 1 unspecified atom stereocenters. The van der Waals surface area contributed by atoms with Crippen molar-refractivity contribution in [3.05, 3.63) is 71.0 Å². The van der Waals surface area contributed by atoms with E-state index >= 15 is 0 Å². The molecule has 28 heavy (non-hydrogen) atoms. The minimum absolute atomic E-state index is 0.294. The molecule has 148 valence electrons. The minimum Gasteiger partial charge on any atom is -0.369 e. The summed E-state index contributed by atoms with van der Waals surface area (Å²) < 4.78 is 13.1. The quantitative estimate of drug-likeness (QED) is 0.596. The Morgan fingerprint density at radius 3 is 2.61 bits per heavy atom. The van der Waals surface area contributed by atoms with E-state index in [1.54, 1.807) is 12.1 Å². The number of nitrogens with one attached hydrogen (secondary N) is 1. The maximum absolute atomic E-state index is 13.1. The molecule has 1 aliphatic heterocycles. The molecule has 0 bridgehead atoms. The first-order valence-electron chi connectivity index (χ1n) is 9.70. The van der Waals surface area contributed by atoms with E-state index in [1.165, 1.54) is 23.3 Å². The van der Waals surface area contributed by atoms with Gasteiger partial charge in [0, 0.05) is 19.6 Å². The largest absolute Gasteiger partial charge is 0.369 e. The Kier molecular flexibility index (Phi) is 6.63. The molecule has 2 aromatic rings. The van der Waals surface area contributed by atoms with Crippen molar-refractivity contribution in [2.24, 2.45) is 16.6 Å². The second-order valence-corrected chi connectivity index (χ2v) is 7.06. The molecule has 0 fully saturated rings. The number of guanidine groups is 1. The zero-order chi connectivity index (χ0) is 19.9. The SMILES string of the molecule is CCNC(=NCC(Cc1ccc(F)cc1)C(N)=O)N1CCc2ccccc2C1. The normalized spacial score (nSPS) is 15.1. The van der Waals surface area contributed by atoms with Crippen molar-refractivity contribution in [2.75, 3.05) is 19.6 Å². The summed E-state index contributed by atoms with van der Waals surface area (Å²) in [6, 6.07) is 14.6. The van der Waals surface area contributed by atoms with Crippen molar-refractivity contribution in [3.8, 4) is 0 Å². The van der Waals surface area contributed by atoms with Gasteiger partial charge in [0.15, 0.2) is 5.96 Å². The number of hydrogen-bond acceptors (Lipinski definition) is 2. The van der Waals surface area contributed by atoms with Crippen LogP contribution in [0.4, 0.5) is 4.39 Å².